The van der Waals surface area contributed by atoms with Crippen molar-refractivity contribution in [3.63, 3.8) is 0 Å². The van der Waals surface area contributed by atoms with E-state index >= 15 is 0 Å². The molecule has 2 amide bonds. The Bertz CT molecular complexity index is 766. The van der Waals surface area contributed by atoms with Gasteiger partial charge in [-0.25, -0.2) is 0 Å². The average Bonchev–Trinajstić information content (AvgIpc) is 3.05. The van der Waals surface area contributed by atoms with E-state index in [2.05, 4.69) is 43.2 Å². The minimum absolute atomic E-state index is 0.0101. The second-order valence-electron chi connectivity index (χ2n) is 6.48. The predicted octanol–water partition coefficient (Wildman–Crippen LogP) is 1.86. The molecule has 0 radical (unpaired) electrons. The minimum atomic E-state index is -0.0898. The molecule has 2 aromatic rings. The average molecular weight is 467 g/mol. The van der Waals surface area contributed by atoms with Gasteiger partial charge in [-0.1, -0.05) is 0 Å². The van der Waals surface area contributed by atoms with E-state index < -0.39 is 0 Å². The fourth-order valence-corrected chi connectivity index (χ4v) is 3.34. The summed E-state index contributed by atoms with van der Waals surface area (Å²) in [4.78, 5) is 26.5. The van der Waals surface area contributed by atoms with Crippen molar-refractivity contribution in [3.05, 3.63) is 45.8 Å². The third kappa shape index (κ3) is 5.28. The van der Waals surface area contributed by atoms with Gasteiger partial charge in [0.25, 0.3) is 5.91 Å². The lowest BCUT2D eigenvalue weighted by molar-refractivity contribution is -0.117. The zero-order chi connectivity index (χ0) is 18.5. The number of anilines is 1. The normalized spacial score (nSPS) is 15.6. The van der Waals surface area contributed by atoms with Crippen molar-refractivity contribution in [3.8, 4) is 0 Å². The zero-order valence-corrected chi connectivity index (χ0v) is 16.8. The number of carbonyl (C=O) groups excluding carboxylic acids is 2. The number of aromatic nitrogens is 2. The summed E-state index contributed by atoms with van der Waals surface area (Å²) in [5.74, 6) is -0.0999. The van der Waals surface area contributed by atoms with Crippen molar-refractivity contribution in [1.29, 1.82) is 0 Å². The highest BCUT2D eigenvalue weighted by Crippen LogP contribution is 2.13. The summed E-state index contributed by atoms with van der Waals surface area (Å²) in [6.45, 7) is 1.95. The third-order valence-electron chi connectivity index (χ3n) is 4.39. The maximum Gasteiger partial charge on any atom is 0.254 e. The molecular formula is C18H22IN5O2. The molecule has 1 aromatic heterocycles. The standard InChI is InChI=1S/C18H22IN5O2/c1-23-11-13(10-20-23)18(26)22-16-6-8-24(9-7-16)12-17(25)21-15-4-2-14(19)3-5-15/h2-5,10-11,16H,6-9,12H2,1H3,(H,21,25)(H,22,26). The molecule has 0 bridgehead atoms. The maximum atomic E-state index is 12.2. The summed E-state index contributed by atoms with van der Waals surface area (Å²) in [5.41, 5.74) is 1.39. The van der Waals surface area contributed by atoms with E-state index in [1.807, 2.05) is 24.3 Å². The minimum Gasteiger partial charge on any atom is -0.349 e. The molecule has 0 aliphatic carbocycles. The molecule has 0 spiro atoms. The summed E-state index contributed by atoms with van der Waals surface area (Å²) >= 11 is 2.23. The van der Waals surface area contributed by atoms with Gasteiger partial charge in [0.1, 0.15) is 0 Å². The maximum absolute atomic E-state index is 12.2. The van der Waals surface area contributed by atoms with Gasteiger partial charge in [-0.15, -0.1) is 0 Å². The van der Waals surface area contributed by atoms with Gasteiger partial charge in [0.15, 0.2) is 0 Å². The first kappa shape index (κ1) is 18.8. The molecule has 1 fully saturated rings. The molecule has 138 valence electrons. The second-order valence-corrected chi connectivity index (χ2v) is 7.73. The number of likely N-dealkylation sites (tertiary alicyclic amines) is 1. The van der Waals surface area contributed by atoms with Gasteiger partial charge in [0.05, 0.1) is 18.3 Å². The Morgan fingerprint density at radius 1 is 1.23 bits per heavy atom. The smallest absolute Gasteiger partial charge is 0.254 e. The van der Waals surface area contributed by atoms with E-state index in [1.54, 1.807) is 24.1 Å². The fraction of sp³-hybridized carbons (Fsp3) is 0.389. The summed E-state index contributed by atoms with van der Waals surface area (Å²) in [6, 6.07) is 7.87. The molecule has 1 aromatic carbocycles. The van der Waals surface area contributed by atoms with E-state index in [4.69, 9.17) is 0 Å². The van der Waals surface area contributed by atoms with E-state index in [1.165, 1.54) is 0 Å². The Balaban J connectivity index is 1.41. The van der Waals surface area contributed by atoms with Gasteiger partial charge in [-0.3, -0.25) is 19.2 Å². The highest BCUT2D eigenvalue weighted by Gasteiger charge is 2.22. The lowest BCUT2D eigenvalue weighted by Crippen LogP contribution is -2.46. The molecule has 7 nitrogen and oxygen atoms in total. The second kappa shape index (κ2) is 8.63. The lowest BCUT2D eigenvalue weighted by Gasteiger charge is -2.31. The number of amides is 2. The first-order valence-electron chi connectivity index (χ1n) is 8.57. The largest absolute Gasteiger partial charge is 0.349 e. The first-order valence-corrected chi connectivity index (χ1v) is 9.65. The Hall–Kier alpha value is -1.94. The zero-order valence-electron chi connectivity index (χ0n) is 14.6. The predicted molar refractivity (Wildman–Crippen MR) is 108 cm³/mol. The topological polar surface area (TPSA) is 79.3 Å². The number of halogens is 1. The van der Waals surface area contributed by atoms with E-state index in [-0.39, 0.29) is 17.9 Å². The molecule has 0 atom stereocenters. The molecule has 1 aliphatic heterocycles. The van der Waals surface area contributed by atoms with Crippen molar-refractivity contribution >= 4 is 40.1 Å². The van der Waals surface area contributed by atoms with Crippen LogP contribution in [0.1, 0.15) is 23.2 Å². The Morgan fingerprint density at radius 2 is 1.92 bits per heavy atom. The number of nitrogens with one attached hydrogen (secondary N) is 2. The number of hydrogen-bond acceptors (Lipinski definition) is 4. The van der Waals surface area contributed by atoms with E-state index in [9.17, 15) is 9.59 Å². The van der Waals surface area contributed by atoms with Gasteiger partial charge >= 0.3 is 0 Å². The van der Waals surface area contributed by atoms with E-state index in [0.717, 1.165) is 35.2 Å². The van der Waals surface area contributed by atoms with Crippen LogP contribution in [-0.4, -0.2) is 52.2 Å². The monoisotopic (exact) mass is 467 g/mol. The van der Waals surface area contributed by atoms with Gasteiger partial charge in [-0.05, 0) is 59.7 Å². The van der Waals surface area contributed by atoms with Crippen molar-refractivity contribution in [2.45, 2.75) is 18.9 Å². The molecule has 1 aliphatic rings. The molecule has 26 heavy (non-hydrogen) atoms. The van der Waals surface area contributed by atoms with Crippen molar-refractivity contribution in [1.82, 2.24) is 20.0 Å². The van der Waals surface area contributed by atoms with Crippen LogP contribution < -0.4 is 10.6 Å². The van der Waals surface area contributed by atoms with Crippen LogP contribution in [0.3, 0.4) is 0 Å². The van der Waals surface area contributed by atoms with Crippen molar-refractivity contribution < 1.29 is 9.59 Å². The number of hydrogen-bond donors (Lipinski definition) is 2. The molecule has 0 unspecified atom stereocenters. The Morgan fingerprint density at radius 3 is 2.54 bits per heavy atom. The number of aryl methyl sites for hydroxylation is 1. The molecule has 2 heterocycles. The number of benzene rings is 1. The van der Waals surface area contributed by atoms with Gasteiger partial charge in [0, 0.05) is 41.6 Å². The first-order chi connectivity index (χ1) is 12.5. The van der Waals surface area contributed by atoms with Gasteiger partial charge in [0.2, 0.25) is 5.91 Å². The summed E-state index contributed by atoms with van der Waals surface area (Å²) in [7, 11) is 1.79. The van der Waals surface area contributed by atoms with Crippen molar-refractivity contribution in [2.24, 2.45) is 7.05 Å². The Kier molecular flexibility index (Phi) is 6.25. The van der Waals surface area contributed by atoms with Crippen LogP contribution in [0, 0.1) is 3.57 Å². The molecule has 3 rings (SSSR count). The van der Waals surface area contributed by atoms with Crippen LogP contribution in [0.2, 0.25) is 0 Å². The number of nitrogens with zero attached hydrogens (tertiary/aromatic N) is 3. The van der Waals surface area contributed by atoms with Crippen LogP contribution in [0.4, 0.5) is 5.69 Å². The fourth-order valence-electron chi connectivity index (χ4n) is 2.98. The van der Waals surface area contributed by atoms with Crippen LogP contribution >= 0.6 is 22.6 Å². The molecule has 1 saturated heterocycles. The Labute approximate surface area is 166 Å². The SMILES string of the molecule is Cn1cc(C(=O)NC2CCN(CC(=O)Nc3ccc(I)cc3)CC2)cn1. The van der Waals surface area contributed by atoms with Crippen molar-refractivity contribution in [2.75, 3.05) is 25.0 Å². The highest BCUT2D eigenvalue weighted by atomic mass is 127. The van der Waals surface area contributed by atoms with E-state index in [0.29, 0.717) is 12.1 Å². The number of rotatable bonds is 5. The van der Waals surface area contributed by atoms with Gasteiger partial charge < -0.3 is 10.6 Å². The summed E-state index contributed by atoms with van der Waals surface area (Å²) in [5, 5.41) is 9.99. The summed E-state index contributed by atoms with van der Waals surface area (Å²) in [6.07, 6.45) is 4.95. The van der Waals surface area contributed by atoms with Crippen LogP contribution in [0.15, 0.2) is 36.7 Å². The van der Waals surface area contributed by atoms with Crippen LogP contribution in [-0.2, 0) is 11.8 Å². The molecule has 0 saturated carbocycles. The van der Waals surface area contributed by atoms with Gasteiger partial charge in [-0.2, -0.15) is 5.10 Å². The highest BCUT2D eigenvalue weighted by molar-refractivity contribution is 14.1. The third-order valence-corrected chi connectivity index (χ3v) is 5.10. The summed E-state index contributed by atoms with van der Waals surface area (Å²) < 4.78 is 2.75. The van der Waals surface area contributed by atoms with Crippen LogP contribution in [0.5, 0.6) is 0 Å². The quantitative estimate of drug-likeness (QED) is 0.659. The van der Waals surface area contributed by atoms with Crippen LogP contribution in [0.25, 0.3) is 0 Å². The molecular weight excluding hydrogens is 445 g/mol. The lowest BCUT2D eigenvalue weighted by atomic mass is 10.0. The number of piperidine rings is 1. The molecule has 8 heteroatoms. The molecule has 2 N–H and O–H groups in total. The number of carbonyl (C=O) groups is 2.